The zero-order valence-corrected chi connectivity index (χ0v) is 9.60. The van der Waals surface area contributed by atoms with Gasteiger partial charge < -0.3 is 9.84 Å². The third kappa shape index (κ3) is 6.97. The van der Waals surface area contributed by atoms with E-state index in [0.29, 0.717) is 11.3 Å². The van der Waals surface area contributed by atoms with Gasteiger partial charge in [-0.2, -0.15) is 11.8 Å². The van der Waals surface area contributed by atoms with Gasteiger partial charge in [0.1, 0.15) is 6.61 Å². The van der Waals surface area contributed by atoms with Crippen LogP contribution in [-0.4, -0.2) is 35.3 Å². The number of aliphatic hydroxyl groups excluding tert-OH is 1. The van der Waals surface area contributed by atoms with E-state index >= 15 is 0 Å². The summed E-state index contributed by atoms with van der Waals surface area (Å²) >= 11 is 1.66. The molecule has 0 rings (SSSR count). The molecule has 0 saturated heterocycles. The molecule has 1 N–H and O–H groups in total. The largest absolute Gasteiger partial charge is 0.460 e. The van der Waals surface area contributed by atoms with Crippen LogP contribution >= 0.6 is 11.8 Å². The maximum absolute atomic E-state index is 10.9. The summed E-state index contributed by atoms with van der Waals surface area (Å²) in [6, 6.07) is 0. The second-order valence-corrected chi connectivity index (χ2v) is 4.26. The number of aliphatic hydroxyl groups is 1. The number of thioether (sulfide) groups is 1. The van der Waals surface area contributed by atoms with E-state index in [1.807, 2.05) is 0 Å². The van der Waals surface area contributed by atoms with Crippen LogP contribution in [0.2, 0.25) is 0 Å². The maximum Gasteiger partial charge on any atom is 0.333 e. The normalized spacial score (nSPS) is 12.2. The predicted octanol–water partition coefficient (Wildman–Crippen LogP) is 1.61. The summed E-state index contributed by atoms with van der Waals surface area (Å²) in [7, 11) is 0. The lowest BCUT2D eigenvalue weighted by Gasteiger charge is -2.10. The van der Waals surface area contributed by atoms with Crippen molar-refractivity contribution in [2.75, 3.05) is 18.1 Å². The lowest BCUT2D eigenvalue weighted by atomic mass is 10.3. The van der Waals surface area contributed by atoms with E-state index in [-0.39, 0.29) is 6.61 Å². The molecule has 0 radical (unpaired) electrons. The Bertz CT molecular complexity index is 192. The van der Waals surface area contributed by atoms with Crippen LogP contribution < -0.4 is 0 Å². The summed E-state index contributed by atoms with van der Waals surface area (Å²) in [6.45, 7) is 7.17. The van der Waals surface area contributed by atoms with Crippen molar-refractivity contribution in [3.8, 4) is 0 Å². The van der Waals surface area contributed by atoms with Crippen molar-refractivity contribution in [2.24, 2.45) is 0 Å². The third-order valence-electron chi connectivity index (χ3n) is 1.41. The predicted molar refractivity (Wildman–Crippen MR) is 59.4 cm³/mol. The number of carbonyl (C=O) groups excluding carboxylic acids is 1. The zero-order chi connectivity index (χ0) is 11.0. The highest BCUT2D eigenvalue weighted by molar-refractivity contribution is 7.99. The van der Waals surface area contributed by atoms with Gasteiger partial charge in [0.15, 0.2) is 0 Å². The average molecular weight is 218 g/mol. The highest BCUT2D eigenvalue weighted by Gasteiger charge is 2.08. The molecule has 0 heterocycles. The summed E-state index contributed by atoms with van der Waals surface area (Å²) in [5, 5.41) is 9.38. The molecule has 3 nitrogen and oxygen atoms in total. The molecule has 0 bridgehead atoms. The topological polar surface area (TPSA) is 46.5 Å². The van der Waals surface area contributed by atoms with Gasteiger partial charge in [0.05, 0.1) is 6.10 Å². The lowest BCUT2D eigenvalue weighted by molar-refractivity contribution is -0.141. The Hall–Kier alpha value is -0.480. The summed E-state index contributed by atoms with van der Waals surface area (Å²) in [6.07, 6.45) is 0.512. The molecule has 0 aromatic carbocycles. The molecule has 82 valence electrons. The molecule has 1 atom stereocenters. The van der Waals surface area contributed by atoms with Crippen LogP contribution in [-0.2, 0) is 9.53 Å². The van der Waals surface area contributed by atoms with E-state index in [9.17, 15) is 9.90 Å². The molecule has 0 aromatic heterocycles. The van der Waals surface area contributed by atoms with Crippen LogP contribution in [0.3, 0.4) is 0 Å². The lowest BCUT2D eigenvalue weighted by Crippen LogP contribution is -2.21. The van der Waals surface area contributed by atoms with Gasteiger partial charge >= 0.3 is 5.97 Å². The van der Waals surface area contributed by atoms with Gasteiger partial charge in [0, 0.05) is 11.3 Å². The molecule has 0 aromatic rings. The number of rotatable bonds is 7. The van der Waals surface area contributed by atoms with E-state index in [0.717, 1.165) is 12.2 Å². The van der Waals surface area contributed by atoms with Gasteiger partial charge in [0.2, 0.25) is 0 Å². The van der Waals surface area contributed by atoms with Gasteiger partial charge in [-0.25, -0.2) is 4.79 Å². The van der Waals surface area contributed by atoms with Crippen LogP contribution in [0.1, 0.15) is 20.3 Å². The van der Waals surface area contributed by atoms with Crippen molar-refractivity contribution in [3.05, 3.63) is 12.2 Å². The van der Waals surface area contributed by atoms with Crippen LogP contribution in [0.25, 0.3) is 0 Å². The number of hydrogen-bond acceptors (Lipinski definition) is 4. The molecule has 1 unspecified atom stereocenters. The molecule has 0 saturated carbocycles. The van der Waals surface area contributed by atoms with Crippen molar-refractivity contribution in [3.63, 3.8) is 0 Å². The average Bonchev–Trinajstić information content (AvgIpc) is 2.14. The second-order valence-electron chi connectivity index (χ2n) is 3.11. The van der Waals surface area contributed by atoms with E-state index in [4.69, 9.17) is 4.74 Å². The van der Waals surface area contributed by atoms with Crippen molar-refractivity contribution in [1.29, 1.82) is 0 Å². The van der Waals surface area contributed by atoms with Crippen LogP contribution in [0.4, 0.5) is 0 Å². The molecule has 0 aliphatic rings. The van der Waals surface area contributed by atoms with Crippen LogP contribution in [0, 0.1) is 0 Å². The fourth-order valence-electron chi connectivity index (χ4n) is 0.707. The molecule has 0 aliphatic heterocycles. The van der Waals surface area contributed by atoms with Gasteiger partial charge in [-0.1, -0.05) is 13.5 Å². The summed E-state index contributed by atoms with van der Waals surface area (Å²) < 4.78 is 4.79. The number of hydrogen-bond donors (Lipinski definition) is 1. The first-order valence-corrected chi connectivity index (χ1v) is 5.81. The molecule has 4 heteroatoms. The van der Waals surface area contributed by atoms with Crippen LogP contribution in [0.15, 0.2) is 12.2 Å². The monoisotopic (exact) mass is 218 g/mol. The fraction of sp³-hybridized carbons (Fsp3) is 0.700. The van der Waals surface area contributed by atoms with Crippen molar-refractivity contribution < 1.29 is 14.6 Å². The van der Waals surface area contributed by atoms with Crippen molar-refractivity contribution >= 4 is 17.7 Å². The molecule has 0 spiro atoms. The van der Waals surface area contributed by atoms with Crippen LogP contribution in [0.5, 0.6) is 0 Å². The van der Waals surface area contributed by atoms with E-state index in [2.05, 4.69) is 13.5 Å². The minimum atomic E-state index is -0.574. The highest BCUT2D eigenvalue weighted by atomic mass is 32.2. The fourth-order valence-corrected chi connectivity index (χ4v) is 1.53. The minimum absolute atomic E-state index is 0.0579. The Kier molecular flexibility index (Phi) is 7.61. The summed E-state index contributed by atoms with van der Waals surface area (Å²) in [4.78, 5) is 10.9. The quantitative estimate of drug-likeness (QED) is 0.400. The molecular formula is C10H18O3S. The van der Waals surface area contributed by atoms with Gasteiger partial charge in [0.25, 0.3) is 0 Å². The Balaban J connectivity index is 3.48. The molecule has 0 fully saturated rings. The molecule has 14 heavy (non-hydrogen) atoms. The first kappa shape index (κ1) is 13.5. The molecule has 0 amide bonds. The summed E-state index contributed by atoms with van der Waals surface area (Å²) in [5.74, 6) is 1.19. The third-order valence-corrected chi connectivity index (χ3v) is 2.73. The number of carbonyl (C=O) groups is 1. The summed E-state index contributed by atoms with van der Waals surface area (Å²) in [5.41, 5.74) is 0.360. The standard InChI is InChI=1S/C10H18O3S/c1-4-5-14-7-9(11)6-13-10(12)8(2)3/h9,11H,2,4-7H2,1,3H3. The molecule has 0 aliphatic carbocycles. The van der Waals surface area contributed by atoms with E-state index in [1.54, 1.807) is 18.7 Å². The van der Waals surface area contributed by atoms with E-state index < -0.39 is 12.1 Å². The van der Waals surface area contributed by atoms with Crippen molar-refractivity contribution in [2.45, 2.75) is 26.4 Å². The maximum atomic E-state index is 10.9. The van der Waals surface area contributed by atoms with Gasteiger partial charge in [-0.15, -0.1) is 0 Å². The number of esters is 1. The second kappa shape index (κ2) is 7.88. The van der Waals surface area contributed by atoms with Gasteiger partial charge in [-0.05, 0) is 19.1 Å². The Labute approximate surface area is 89.5 Å². The Morgan fingerprint density at radius 3 is 2.79 bits per heavy atom. The first-order chi connectivity index (χ1) is 6.57. The Morgan fingerprint density at radius 2 is 2.29 bits per heavy atom. The first-order valence-electron chi connectivity index (χ1n) is 4.66. The smallest absolute Gasteiger partial charge is 0.333 e. The minimum Gasteiger partial charge on any atom is -0.460 e. The number of ether oxygens (including phenoxy) is 1. The van der Waals surface area contributed by atoms with E-state index in [1.165, 1.54) is 0 Å². The SMILES string of the molecule is C=C(C)C(=O)OCC(O)CSCCC. The van der Waals surface area contributed by atoms with Crippen molar-refractivity contribution in [1.82, 2.24) is 0 Å². The Morgan fingerprint density at radius 1 is 1.64 bits per heavy atom. The molecular weight excluding hydrogens is 200 g/mol. The highest BCUT2D eigenvalue weighted by Crippen LogP contribution is 2.05. The zero-order valence-electron chi connectivity index (χ0n) is 8.78. The van der Waals surface area contributed by atoms with Gasteiger partial charge in [-0.3, -0.25) is 0 Å².